The van der Waals surface area contributed by atoms with Gasteiger partial charge in [-0.2, -0.15) is 4.31 Å². The smallest absolute Gasteiger partial charge is 0.243 e. The molecule has 2 amide bonds. The van der Waals surface area contributed by atoms with Crippen LogP contribution in [0.5, 0.6) is 0 Å². The molecule has 31 heavy (non-hydrogen) atoms. The Bertz CT molecular complexity index is 855. The molecule has 1 aromatic carbocycles. The van der Waals surface area contributed by atoms with Crippen LogP contribution in [0.2, 0.25) is 0 Å². The van der Waals surface area contributed by atoms with Gasteiger partial charge in [0.15, 0.2) is 0 Å². The molecule has 1 rings (SSSR count). The van der Waals surface area contributed by atoms with Crippen molar-refractivity contribution >= 4 is 33.2 Å². The summed E-state index contributed by atoms with van der Waals surface area (Å²) < 4.78 is 27.3. The summed E-state index contributed by atoms with van der Waals surface area (Å²) in [4.78, 5) is 26.7. The summed E-state index contributed by atoms with van der Waals surface area (Å²) in [6, 6.07) is 4.84. The molecule has 0 spiro atoms. The van der Waals surface area contributed by atoms with E-state index in [0.717, 1.165) is 5.69 Å². The van der Waals surface area contributed by atoms with Gasteiger partial charge in [0.2, 0.25) is 21.8 Å². The molecule has 9 heteroatoms. The highest BCUT2D eigenvalue weighted by atomic mass is 32.2. The summed E-state index contributed by atoms with van der Waals surface area (Å²) in [6.07, 6.45) is 0.0898. The molecule has 0 unspecified atom stereocenters. The fraction of sp³-hybridized carbons (Fsp3) is 0.636. The van der Waals surface area contributed by atoms with Crippen LogP contribution in [0.25, 0.3) is 0 Å². The summed E-state index contributed by atoms with van der Waals surface area (Å²) in [6.45, 7) is 15.4. The Morgan fingerprint density at radius 2 is 1.55 bits per heavy atom. The van der Waals surface area contributed by atoms with E-state index in [-0.39, 0.29) is 29.7 Å². The number of hydrogen-bond acceptors (Lipinski definition) is 5. The molecular weight excluding hydrogens is 416 g/mol. The first kappa shape index (κ1) is 26.9. The van der Waals surface area contributed by atoms with Gasteiger partial charge in [-0.25, -0.2) is 8.42 Å². The van der Waals surface area contributed by atoms with Crippen LogP contribution in [0, 0.1) is 5.41 Å². The molecule has 0 heterocycles. The molecule has 0 aromatic heterocycles. The molecule has 176 valence electrons. The predicted octanol–water partition coefficient (Wildman–Crippen LogP) is 3.05. The van der Waals surface area contributed by atoms with Crippen molar-refractivity contribution in [2.45, 2.75) is 59.8 Å². The van der Waals surface area contributed by atoms with Crippen molar-refractivity contribution in [3.8, 4) is 0 Å². The van der Waals surface area contributed by atoms with Crippen molar-refractivity contribution in [2.24, 2.45) is 5.41 Å². The van der Waals surface area contributed by atoms with Crippen LogP contribution in [-0.2, 0) is 19.6 Å². The number of rotatable bonds is 11. The molecule has 0 radical (unpaired) electrons. The number of sulfonamides is 1. The van der Waals surface area contributed by atoms with Gasteiger partial charge in [0.1, 0.15) is 0 Å². The number of nitrogens with one attached hydrogen (secondary N) is 2. The van der Waals surface area contributed by atoms with Crippen LogP contribution in [0.4, 0.5) is 11.4 Å². The third-order valence-corrected chi connectivity index (χ3v) is 7.05. The number of carbonyl (C=O) groups excluding carboxylic acids is 2. The Morgan fingerprint density at radius 1 is 0.968 bits per heavy atom. The lowest BCUT2D eigenvalue weighted by atomic mass is 9.96. The first-order chi connectivity index (χ1) is 14.4. The van der Waals surface area contributed by atoms with Gasteiger partial charge in [0.25, 0.3) is 0 Å². The quantitative estimate of drug-likeness (QED) is 0.535. The van der Waals surface area contributed by atoms with Crippen LogP contribution >= 0.6 is 0 Å². The van der Waals surface area contributed by atoms with E-state index in [4.69, 9.17) is 0 Å². The van der Waals surface area contributed by atoms with Crippen molar-refractivity contribution in [2.75, 3.05) is 42.9 Å². The van der Waals surface area contributed by atoms with E-state index in [0.29, 0.717) is 31.9 Å². The Hall–Kier alpha value is -2.13. The molecule has 0 atom stereocenters. The van der Waals surface area contributed by atoms with Crippen LogP contribution in [0.1, 0.15) is 54.9 Å². The molecule has 0 saturated carbocycles. The lowest BCUT2D eigenvalue weighted by molar-refractivity contribution is -0.128. The van der Waals surface area contributed by atoms with Crippen LogP contribution in [-0.4, -0.2) is 57.3 Å². The molecule has 1 aromatic rings. The second-order valence-electron chi connectivity index (χ2n) is 8.24. The third kappa shape index (κ3) is 7.21. The predicted molar refractivity (Wildman–Crippen MR) is 126 cm³/mol. The molecule has 0 aliphatic heterocycles. The van der Waals surface area contributed by atoms with Gasteiger partial charge < -0.3 is 15.5 Å². The summed E-state index contributed by atoms with van der Waals surface area (Å²) >= 11 is 0. The summed E-state index contributed by atoms with van der Waals surface area (Å²) in [5.41, 5.74) is 0.680. The Morgan fingerprint density at radius 3 is 2.03 bits per heavy atom. The van der Waals surface area contributed by atoms with Crippen molar-refractivity contribution in [3.63, 3.8) is 0 Å². The molecule has 0 bridgehead atoms. The van der Waals surface area contributed by atoms with E-state index in [1.165, 1.54) is 10.4 Å². The molecule has 0 aliphatic carbocycles. The maximum Gasteiger partial charge on any atom is 0.243 e. The summed E-state index contributed by atoms with van der Waals surface area (Å²) in [5.74, 6) is -0.420. The normalized spacial score (nSPS) is 12.0. The van der Waals surface area contributed by atoms with E-state index in [1.54, 1.807) is 46.8 Å². The Kier molecular flexibility index (Phi) is 9.96. The van der Waals surface area contributed by atoms with Gasteiger partial charge in [0, 0.05) is 44.6 Å². The molecule has 0 saturated heterocycles. The standard InChI is InChI=1S/C22H38N4O4S/c1-8-25(9-2)19-13-12-17(31(29,30)26(10-3)11-4)16-18(19)24-20(27)14-15-23-21(28)22(5,6)7/h12-13,16H,8-11,14-15H2,1-7H3,(H,23,28)(H,24,27). The van der Waals surface area contributed by atoms with Crippen molar-refractivity contribution in [1.82, 2.24) is 9.62 Å². The fourth-order valence-corrected chi connectivity index (χ4v) is 4.58. The highest BCUT2D eigenvalue weighted by Crippen LogP contribution is 2.30. The minimum Gasteiger partial charge on any atom is -0.370 e. The monoisotopic (exact) mass is 454 g/mol. The average Bonchev–Trinajstić information content (AvgIpc) is 2.69. The van der Waals surface area contributed by atoms with Gasteiger partial charge in [-0.1, -0.05) is 34.6 Å². The highest BCUT2D eigenvalue weighted by molar-refractivity contribution is 7.89. The number of anilines is 2. The van der Waals surface area contributed by atoms with Crippen LogP contribution in [0.15, 0.2) is 23.1 Å². The van der Waals surface area contributed by atoms with E-state index in [9.17, 15) is 18.0 Å². The topological polar surface area (TPSA) is 98.8 Å². The lowest BCUT2D eigenvalue weighted by Gasteiger charge is -2.26. The van der Waals surface area contributed by atoms with Gasteiger partial charge in [-0.05, 0) is 32.0 Å². The van der Waals surface area contributed by atoms with Crippen molar-refractivity contribution in [1.29, 1.82) is 0 Å². The largest absolute Gasteiger partial charge is 0.370 e. The maximum absolute atomic E-state index is 12.9. The van der Waals surface area contributed by atoms with Gasteiger partial charge in [0.05, 0.1) is 16.3 Å². The summed E-state index contributed by atoms with van der Waals surface area (Å²) in [7, 11) is -3.65. The number of carbonyl (C=O) groups is 2. The zero-order valence-electron chi connectivity index (χ0n) is 19.9. The molecule has 0 fully saturated rings. The minimum absolute atomic E-state index is 0.0898. The Labute approximate surface area is 187 Å². The fourth-order valence-electron chi connectivity index (χ4n) is 3.10. The molecular formula is C22H38N4O4S. The number of hydrogen-bond donors (Lipinski definition) is 2. The van der Waals surface area contributed by atoms with Gasteiger partial charge in [-0.3, -0.25) is 9.59 Å². The van der Waals surface area contributed by atoms with Crippen LogP contribution in [0.3, 0.4) is 0 Å². The third-order valence-electron chi connectivity index (χ3n) is 5.01. The van der Waals surface area contributed by atoms with Gasteiger partial charge >= 0.3 is 0 Å². The molecule has 2 N–H and O–H groups in total. The molecule has 8 nitrogen and oxygen atoms in total. The van der Waals surface area contributed by atoms with Crippen molar-refractivity contribution < 1.29 is 18.0 Å². The first-order valence-electron chi connectivity index (χ1n) is 10.9. The zero-order chi connectivity index (χ0) is 23.8. The van der Waals surface area contributed by atoms with E-state index >= 15 is 0 Å². The minimum atomic E-state index is -3.65. The second kappa shape index (κ2) is 11.5. The number of nitrogens with zero attached hydrogens (tertiary/aromatic N) is 2. The highest BCUT2D eigenvalue weighted by Gasteiger charge is 2.24. The van der Waals surface area contributed by atoms with Crippen LogP contribution < -0.4 is 15.5 Å². The van der Waals surface area contributed by atoms with Gasteiger partial charge in [-0.15, -0.1) is 0 Å². The van der Waals surface area contributed by atoms with E-state index in [2.05, 4.69) is 10.6 Å². The zero-order valence-corrected chi connectivity index (χ0v) is 20.7. The van der Waals surface area contributed by atoms with E-state index in [1.807, 2.05) is 18.7 Å². The van der Waals surface area contributed by atoms with Crippen molar-refractivity contribution in [3.05, 3.63) is 18.2 Å². The maximum atomic E-state index is 12.9. The average molecular weight is 455 g/mol. The number of amides is 2. The first-order valence-corrected chi connectivity index (χ1v) is 12.3. The number of benzene rings is 1. The lowest BCUT2D eigenvalue weighted by Crippen LogP contribution is -2.36. The second-order valence-corrected chi connectivity index (χ2v) is 10.2. The Balaban J connectivity index is 3.14. The SMILES string of the molecule is CCN(CC)c1ccc(S(=O)(=O)N(CC)CC)cc1NC(=O)CCNC(=O)C(C)(C)C. The summed E-state index contributed by atoms with van der Waals surface area (Å²) in [5, 5.41) is 5.60. The van der Waals surface area contributed by atoms with E-state index < -0.39 is 15.4 Å². The molecule has 0 aliphatic rings.